The Kier molecular flexibility index (Phi) is 3.58. The third kappa shape index (κ3) is 2.24. The Morgan fingerprint density at radius 2 is 1.82 bits per heavy atom. The maximum absolute atomic E-state index is 4.33. The Morgan fingerprint density at radius 3 is 2.53 bits per heavy atom. The summed E-state index contributed by atoms with van der Waals surface area (Å²) in [7, 11) is 0. The van der Waals surface area contributed by atoms with Gasteiger partial charge in [-0.1, -0.05) is 24.4 Å². The van der Waals surface area contributed by atoms with Crippen LogP contribution >= 0.6 is 0 Å². The van der Waals surface area contributed by atoms with E-state index in [4.69, 9.17) is 0 Å². The Labute approximate surface area is 113 Å². The van der Waals surface area contributed by atoms with Crippen LogP contribution in [0.5, 0.6) is 0 Å². The molecule has 0 saturated heterocycles. The smallest absolute Gasteiger partial charge is 0.133 e. The van der Waals surface area contributed by atoms with Gasteiger partial charge in [-0.25, -0.2) is 0 Å². The normalized spacial score (nSPS) is 9.88. The minimum Gasteiger partial charge on any atom is -0.421 e. The van der Waals surface area contributed by atoms with Crippen LogP contribution in [0, 0.1) is 6.20 Å². The minimum absolute atomic E-state index is 0. The van der Waals surface area contributed by atoms with Crippen molar-refractivity contribution < 1.29 is 20.4 Å². The van der Waals surface area contributed by atoms with Gasteiger partial charge in [0, 0.05) is 38.5 Å². The molecule has 4 heteroatoms. The Bertz CT molecular complexity index is 570. The van der Waals surface area contributed by atoms with Crippen molar-refractivity contribution in [2.75, 3.05) is 0 Å². The molecule has 2 aromatic heterocycles. The molecule has 0 unspecified atom stereocenters. The molecule has 0 bridgehead atoms. The summed E-state index contributed by atoms with van der Waals surface area (Å²) in [6.07, 6.45) is 8.75. The molecule has 3 aromatic rings. The second-order valence-corrected chi connectivity index (χ2v) is 3.44. The van der Waals surface area contributed by atoms with Crippen molar-refractivity contribution in [3.63, 3.8) is 0 Å². The summed E-state index contributed by atoms with van der Waals surface area (Å²) in [5, 5.41) is 0. The molecule has 0 radical (unpaired) electrons. The number of benzene rings is 1. The molecule has 0 aliphatic heterocycles. The van der Waals surface area contributed by atoms with Gasteiger partial charge in [0.25, 0.3) is 0 Å². The van der Waals surface area contributed by atoms with Crippen molar-refractivity contribution >= 4 is 0 Å². The van der Waals surface area contributed by atoms with E-state index in [0.717, 1.165) is 11.6 Å². The molecule has 88 valence electrons. The first-order valence-corrected chi connectivity index (χ1v) is 5.09. The molecule has 1 aromatic carbocycles. The molecule has 0 fully saturated rings. The van der Waals surface area contributed by atoms with Crippen LogP contribution in [0.2, 0.25) is 0 Å². The van der Waals surface area contributed by atoms with E-state index in [-0.39, 0.29) is 20.4 Å². The maximum atomic E-state index is 4.33. The summed E-state index contributed by atoms with van der Waals surface area (Å²) in [5.41, 5.74) is 1.09. The number of para-hydroxylation sites is 1. The van der Waals surface area contributed by atoms with Crippen LogP contribution in [0.4, 0.5) is 0 Å². The van der Waals surface area contributed by atoms with Crippen molar-refractivity contribution in [2.45, 2.75) is 0 Å². The Morgan fingerprint density at radius 1 is 1.00 bits per heavy atom. The van der Waals surface area contributed by atoms with Crippen LogP contribution in [0.15, 0.2) is 61.1 Å². The number of imidazole rings is 1. The fourth-order valence-corrected chi connectivity index (χ4v) is 1.68. The maximum Gasteiger partial charge on any atom is 0.133 e. The second-order valence-electron chi connectivity index (χ2n) is 3.44. The summed E-state index contributed by atoms with van der Waals surface area (Å²) >= 11 is 0. The predicted octanol–water partition coefficient (Wildman–Crippen LogP) is 2.46. The molecular weight excluding hydrogens is 305 g/mol. The van der Waals surface area contributed by atoms with Crippen LogP contribution in [-0.2, 0) is 20.4 Å². The average Bonchev–Trinajstić information content (AvgIpc) is 3.01. The van der Waals surface area contributed by atoms with E-state index in [1.54, 1.807) is 6.20 Å². The van der Waals surface area contributed by atoms with Gasteiger partial charge in [-0.2, -0.15) is 6.07 Å². The van der Waals surface area contributed by atoms with Gasteiger partial charge in [0.1, 0.15) is 5.95 Å². The predicted molar refractivity (Wildman–Crippen MR) is 61.7 cm³/mol. The number of aromatic nitrogens is 3. The number of hydrogen-bond donors (Lipinski definition) is 0. The molecular formula is C13H10N3Pd-. The molecule has 3 nitrogen and oxygen atoms in total. The van der Waals surface area contributed by atoms with Crippen molar-refractivity contribution in [3.05, 3.63) is 67.3 Å². The summed E-state index contributed by atoms with van der Waals surface area (Å²) < 4.78 is 3.89. The third-order valence-electron chi connectivity index (χ3n) is 2.42. The minimum atomic E-state index is 0. The largest absolute Gasteiger partial charge is 0.421 e. The zero-order valence-electron chi connectivity index (χ0n) is 8.93. The molecule has 0 aliphatic carbocycles. The first-order valence-electron chi connectivity index (χ1n) is 5.09. The summed E-state index contributed by atoms with van der Waals surface area (Å²) in [4.78, 5) is 4.33. The monoisotopic (exact) mass is 314 g/mol. The van der Waals surface area contributed by atoms with Gasteiger partial charge in [0.15, 0.2) is 0 Å². The van der Waals surface area contributed by atoms with Crippen molar-refractivity contribution in [1.82, 2.24) is 14.1 Å². The summed E-state index contributed by atoms with van der Waals surface area (Å²) in [5.74, 6) is 0.844. The van der Waals surface area contributed by atoms with E-state index in [9.17, 15) is 0 Å². The first kappa shape index (κ1) is 11.8. The van der Waals surface area contributed by atoms with Gasteiger partial charge >= 0.3 is 0 Å². The summed E-state index contributed by atoms with van der Waals surface area (Å²) in [6, 6.07) is 13.9. The summed E-state index contributed by atoms with van der Waals surface area (Å²) in [6.45, 7) is 0. The number of hydrogen-bond acceptors (Lipinski definition) is 1. The van der Waals surface area contributed by atoms with Crippen molar-refractivity contribution in [3.8, 4) is 11.6 Å². The molecule has 0 spiro atoms. The molecule has 3 rings (SSSR count). The van der Waals surface area contributed by atoms with E-state index in [1.165, 1.54) is 0 Å². The van der Waals surface area contributed by atoms with Crippen molar-refractivity contribution in [1.29, 1.82) is 0 Å². The zero-order valence-corrected chi connectivity index (χ0v) is 10.5. The molecule has 0 atom stereocenters. The van der Waals surface area contributed by atoms with Crippen LogP contribution < -0.4 is 0 Å². The topological polar surface area (TPSA) is 22.8 Å². The van der Waals surface area contributed by atoms with Crippen LogP contribution in [-0.4, -0.2) is 14.1 Å². The first-order chi connectivity index (χ1) is 7.95. The second kappa shape index (κ2) is 5.13. The van der Waals surface area contributed by atoms with Crippen LogP contribution in [0.3, 0.4) is 0 Å². The molecule has 0 aliphatic rings. The third-order valence-corrected chi connectivity index (χ3v) is 2.42. The van der Waals surface area contributed by atoms with Crippen LogP contribution in [0.1, 0.15) is 0 Å². The van der Waals surface area contributed by atoms with E-state index in [1.807, 2.05) is 51.9 Å². The van der Waals surface area contributed by atoms with E-state index in [0.29, 0.717) is 0 Å². The van der Waals surface area contributed by atoms with Gasteiger partial charge in [-0.05, 0) is 12.1 Å². The van der Waals surface area contributed by atoms with E-state index >= 15 is 0 Å². The van der Waals surface area contributed by atoms with Gasteiger partial charge in [0.05, 0.1) is 0 Å². The molecule has 0 saturated carbocycles. The Balaban J connectivity index is 0.00000108. The molecule has 17 heavy (non-hydrogen) atoms. The fraction of sp³-hybridized carbons (Fsp3) is 0. The molecule has 0 amide bonds. The quantitative estimate of drug-likeness (QED) is 0.526. The fourth-order valence-electron chi connectivity index (χ4n) is 1.68. The van der Waals surface area contributed by atoms with Gasteiger partial charge in [-0.15, -0.1) is 12.3 Å². The number of nitrogens with zero attached hydrogens (tertiary/aromatic N) is 3. The van der Waals surface area contributed by atoms with Gasteiger partial charge in [0.2, 0.25) is 0 Å². The van der Waals surface area contributed by atoms with Crippen molar-refractivity contribution in [2.24, 2.45) is 0 Å². The molecule has 2 heterocycles. The molecule has 0 N–H and O–H groups in total. The van der Waals surface area contributed by atoms with Gasteiger partial charge < -0.3 is 9.13 Å². The number of rotatable bonds is 2. The van der Waals surface area contributed by atoms with E-state index < -0.39 is 0 Å². The average molecular weight is 315 g/mol. The van der Waals surface area contributed by atoms with Gasteiger partial charge in [-0.3, -0.25) is 4.98 Å². The SMILES string of the molecule is [Pd].[c-]1cccn1-c1nccn1-c1ccccc1. The standard InChI is InChI=1S/C13H10N3.Pd/c1-2-6-12(7-3-1)16-11-8-14-13(16)15-9-4-5-10-15;/h1-9,11H;/q-1;. The zero-order chi connectivity index (χ0) is 10.8. The Hall–Kier alpha value is -1.63. The van der Waals surface area contributed by atoms with Crippen LogP contribution in [0.25, 0.3) is 11.6 Å². The van der Waals surface area contributed by atoms with E-state index in [2.05, 4.69) is 23.3 Å².